The molecule has 0 saturated carbocycles. The van der Waals surface area contributed by atoms with Crippen LogP contribution in [0.3, 0.4) is 0 Å². The van der Waals surface area contributed by atoms with Gasteiger partial charge in [-0.15, -0.1) is 0 Å². The number of halogens is 1. The number of rotatable bonds is 6. The molecule has 0 aliphatic carbocycles. The molecule has 0 unspecified atom stereocenters. The molecule has 7 nitrogen and oxygen atoms in total. The number of hydrogen-bond acceptors (Lipinski definition) is 6. The summed E-state index contributed by atoms with van der Waals surface area (Å²) in [5.41, 5.74) is 2.15. The molecule has 3 aromatic rings. The van der Waals surface area contributed by atoms with Crippen LogP contribution < -0.4 is 14.8 Å². The van der Waals surface area contributed by atoms with Crippen molar-refractivity contribution in [1.29, 1.82) is 0 Å². The van der Waals surface area contributed by atoms with E-state index in [0.717, 1.165) is 24.2 Å². The van der Waals surface area contributed by atoms with Gasteiger partial charge in [-0.2, -0.15) is 0 Å². The predicted molar refractivity (Wildman–Crippen MR) is 120 cm³/mol. The zero-order chi connectivity index (χ0) is 21.9. The highest BCUT2D eigenvalue weighted by atomic mass is 35.5. The minimum Gasteiger partial charge on any atom is -0.486 e. The summed E-state index contributed by atoms with van der Waals surface area (Å²) in [6, 6.07) is 15.1. The number of hydrogen-bond donors (Lipinski definition) is 1. The summed E-state index contributed by atoms with van der Waals surface area (Å²) in [6.07, 6.45) is 2.33. The molecule has 1 amide bonds. The Labute approximate surface area is 191 Å². The van der Waals surface area contributed by atoms with Gasteiger partial charge in [0.05, 0.1) is 6.04 Å². The number of benzene rings is 2. The molecule has 0 radical (unpaired) electrons. The second kappa shape index (κ2) is 9.22. The third kappa shape index (κ3) is 4.45. The van der Waals surface area contributed by atoms with Gasteiger partial charge in [-0.3, -0.25) is 9.69 Å². The number of carbonyl (C=O) groups is 1. The molecule has 1 atom stereocenters. The first-order valence-corrected chi connectivity index (χ1v) is 11.2. The lowest BCUT2D eigenvalue weighted by atomic mass is 10.1. The molecular weight excluding hydrogens is 430 g/mol. The Morgan fingerprint density at radius 1 is 1.03 bits per heavy atom. The Balaban J connectivity index is 1.28. The van der Waals surface area contributed by atoms with Crippen LogP contribution in [0.25, 0.3) is 11.3 Å². The largest absolute Gasteiger partial charge is 0.486 e. The van der Waals surface area contributed by atoms with Crippen molar-refractivity contribution in [3.8, 4) is 22.8 Å². The highest BCUT2D eigenvalue weighted by molar-refractivity contribution is 6.30. The number of ether oxygens (including phenoxy) is 2. The zero-order valence-electron chi connectivity index (χ0n) is 17.6. The number of aromatic nitrogens is 1. The normalized spacial score (nSPS) is 16.7. The molecule has 1 aromatic heterocycles. The second-order valence-corrected chi connectivity index (χ2v) is 8.39. The minimum atomic E-state index is -0.268. The molecule has 166 valence electrons. The Morgan fingerprint density at radius 3 is 2.56 bits per heavy atom. The molecule has 32 heavy (non-hydrogen) atoms. The van der Waals surface area contributed by atoms with Gasteiger partial charge < -0.3 is 19.3 Å². The van der Waals surface area contributed by atoms with Gasteiger partial charge in [0.25, 0.3) is 5.91 Å². The first-order valence-electron chi connectivity index (χ1n) is 10.8. The Kier molecular flexibility index (Phi) is 6.01. The molecule has 8 heteroatoms. The SMILES string of the molecule is O=C(NC[C@@H](c1ccc(Cl)cc1)N1CCCC1)c1cc(-c2ccc3c(c2)OCCO3)on1. The van der Waals surface area contributed by atoms with Crippen molar-refractivity contribution in [2.24, 2.45) is 0 Å². The summed E-state index contributed by atoms with van der Waals surface area (Å²) in [4.78, 5) is 15.2. The van der Waals surface area contributed by atoms with Crippen LogP contribution >= 0.6 is 11.6 Å². The quantitative estimate of drug-likeness (QED) is 0.598. The van der Waals surface area contributed by atoms with Crippen LogP contribution in [0.15, 0.2) is 53.1 Å². The maximum absolute atomic E-state index is 12.8. The maximum atomic E-state index is 12.8. The maximum Gasteiger partial charge on any atom is 0.273 e. The van der Waals surface area contributed by atoms with Crippen LogP contribution in [0.1, 0.15) is 34.9 Å². The van der Waals surface area contributed by atoms with E-state index in [1.165, 1.54) is 12.8 Å². The molecule has 2 aliphatic heterocycles. The molecular formula is C24H24ClN3O4. The van der Waals surface area contributed by atoms with Gasteiger partial charge in [-0.25, -0.2) is 0 Å². The number of likely N-dealkylation sites (tertiary alicyclic amines) is 1. The van der Waals surface area contributed by atoms with Crippen LogP contribution in [-0.2, 0) is 0 Å². The average molecular weight is 454 g/mol. The zero-order valence-corrected chi connectivity index (χ0v) is 18.3. The number of amides is 1. The van der Waals surface area contributed by atoms with Crippen LogP contribution in [0.5, 0.6) is 11.5 Å². The Hall–Kier alpha value is -3.03. The topological polar surface area (TPSA) is 76.8 Å². The van der Waals surface area contributed by atoms with Crippen molar-refractivity contribution < 1.29 is 18.8 Å². The van der Waals surface area contributed by atoms with Crippen molar-refractivity contribution in [2.45, 2.75) is 18.9 Å². The van der Waals surface area contributed by atoms with Crippen molar-refractivity contribution in [1.82, 2.24) is 15.4 Å². The fourth-order valence-electron chi connectivity index (χ4n) is 4.19. The smallest absolute Gasteiger partial charge is 0.273 e. The first kappa shape index (κ1) is 20.8. The number of nitrogens with zero attached hydrogens (tertiary/aromatic N) is 2. The molecule has 3 heterocycles. The third-order valence-electron chi connectivity index (χ3n) is 5.86. The van der Waals surface area contributed by atoms with Gasteiger partial charge in [0, 0.05) is 23.2 Å². The van der Waals surface area contributed by atoms with E-state index in [-0.39, 0.29) is 17.6 Å². The first-order chi connectivity index (χ1) is 15.7. The van der Waals surface area contributed by atoms with Crippen molar-refractivity contribution in [2.75, 3.05) is 32.8 Å². The number of carbonyl (C=O) groups excluding carboxylic acids is 1. The molecule has 1 fully saturated rings. The average Bonchev–Trinajstić information content (AvgIpc) is 3.53. The molecule has 0 spiro atoms. The van der Waals surface area contributed by atoms with Gasteiger partial charge in [0.15, 0.2) is 23.0 Å². The summed E-state index contributed by atoms with van der Waals surface area (Å²) >= 11 is 6.06. The monoisotopic (exact) mass is 453 g/mol. The molecule has 1 N–H and O–H groups in total. The van der Waals surface area contributed by atoms with E-state index in [0.29, 0.717) is 42.0 Å². The van der Waals surface area contributed by atoms with Crippen LogP contribution in [-0.4, -0.2) is 48.8 Å². The van der Waals surface area contributed by atoms with Gasteiger partial charge >= 0.3 is 0 Å². The highest BCUT2D eigenvalue weighted by Crippen LogP contribution is 2.34. The van der Waals surface area contributed by atoms with E-state index in [1.807, 2.05) is 42.5 Å². The lowest BCUT2D eigenvalue weighted by Crippen LogP contribution is -2.36. The standard InChI is InChI=1S/C24H24ClN3O4/c25-18-6-3-16(4-7-18)20(28-9-1-2-10-28)15-26-24(29)19-14-22(32-27-19)17-5-8-21-23(13-17)31-12-11-30-21/h3-8,13-14,20H,1-2,9-12,15H2,(H,26,29)/t20-/m0/s1. The molecule has 5 rings (SSSR count). The van der Waals surface area contributed by atoms with Gasteiger partial charge in [-0.05, 0) is 61.8 Å². The van der Waals surface area contributed by atoms with E-state index < -0.39 is 0 Å². The second-order valence-electron chi connectivity index (χ2n) is 7.96. The third-order valence-corrected chi connectivity index (χ3v) is 6.11. The summed E-state index contributed by atoms with van der Waals surface area (Å²) in [6.45, 7) is 3.55. The molecule has 2 aliphatic rings. The van der Waals surface area contributed by atoms with Crippen molar-refractivity contribution in [3.63, 3.8) is 0 Å². The van der Waals surface area contributed by atoms with E-state index in [1.54, 1.807) is 6.07 Å². The van der Waals surface area contributed by atoms with Gasteiger partial charge in [-0.1, -0.05) is 28.9 Å². The molecule has 0 bridgehead atoms. The molecule has 1 saturated heterocycles. The van der Waals surface area contributed by atoms with Gasteiger partial charge in [0.2, 0.25) is 0 Å². The summed E-state index contributed by atoms with van der Waals surface area (Å²) < 4.78 is 16.6. The lowest BCUT2D eigenvalue weighted by molar-refractivity contribution is 0.0929. The number of nitrogens with one attached hydrogen (secondary N) is 1. The summed E-state index contributed by atoms with van der Waals surface area (Å²) in [7, 11) is 0. The Morgan fingerprint density at radius 2 is 1.78 bits per heavy atom. The lowest BCUT2D eigenvalue weighted by Gasteiger charge is -2.28. The number of fused-ring (bicyclic) bond motifs is 1. The minimum absolute atomic E-state index is 0.0860. The van der Waals surface area contributed by atoms with E-state index >= 15 is 0 Å². The van der Waals surface area contributed by atoms with Crippen molar-refractivity contribution >= 4 is 17.5 Å². The fourth-order valence-corrected chi connectivity index (χ4v) is 4.32. The fraction of sp³-hybridized carbons (Fsp3) is 0.333. The van der Waals surface area contributed by atoms with Crippen molar-refractivity contribution in [3.05, 3.63) is 64.8 Å². The van der Waals surface area contributed by atoms with E-state index in [4.69, 9.17) is 25.6 Å². The Bertz CT molecular complexity index is 1090. The predicted octanol–water partition coefficient (Wildman–Crippen LogP) is 4.33. The van der Waals surface area contributed by atoms with Gasteiger partial charge in [0.1, 0.15) is 13.2 Å². The highest BCUT2D eigenvalue weighted by Gasteiger charge is 2.25. The molecule has 2 aromatic carbocycles. The van der Waals surface area contributed by atoms with Crippen LogP contribution in [0.4, 0.5) is 0 Å². The van der Waals surface area contributed by atoms with E-state index in [9.17, 15) is 4.79 Å². The van der Waals surface area contributed by atoms with Crippen LogP contribution in [0.2, 0.25) is 5.02 Å². The van der Waals surface area contributed by atoms with Crippen LogP contribution in [0, 0.1) is 0 Å². The van der Waals surface area contributed by atoms with E-state index in [2.05, 4.69) is 15.4 Å². The summed E-state index contributed by atoms with van der Waals surface area (Å²) in [5.74, 6) is 1.59. The summed E-state index contributed by atoms with van der Waals surface area (Å²) in [5, 5.41) is 7.70.